The number of hydrogen-bond acceptors (Lipinski definition) is 2. The zero-order chi connectivity index (χ0) is 9.84. The van der Waals surface area contributed by atoms with E-state index in [1.54, 1.807) is 13.2 Å². The zero-order valence-corrected chi connectivity index (χ0v) is 7.63. The number of hydrogen-bond donors (Lipinski definition) is 0. The molecule has 1 aromatic rings. The Hall–Kier alpha value is -1.13. The van der Waals surface area contributed by atoms with E-state index in [1.165, 1.54) is 4.68 Å². The van der Waals surface area contributed by atoms with Crippen molar-refractivity contribution in [2.75, 3.05) is 0 Å². The number of alkyl halides is 2. The van der Waals surface area contributed by atoms with E-state index in [0.717, 1.165) is 12.0 Å². The maximum Gasteiger partial charge on any atom is 0.388 e. The van der Waals surface area contributed by atoms with E-state index < -0.39 is 6.61 Å². The van der Waals surface area contributed by atoms with Crippen molar-refractivity contribution in [3.8, 4) is 5.88 Å². The lowest BCUT2D eigenvalue weighted by Gasteiger charge is -2.06. The fourth-order valence-electron chi connectivity index (χ4n) is 1.15. The van der Waals surface area contributed by atoms with Crippen LogP contribution in [-0.4, -0.2) is 16.4 Å². The number of aromatic nitrogens is 2. The number of halogens is 2. The van der Waals surface area contributed by atoms with E-state index in [2.05, 4.69) is 9.84 Å². The average Bonchev–Trinajstić information content (AvgIpc) is 2.36. The van der Waals surface area contributed by atoms with Crippen LogP contribution in [0.4, 0.5) is 8.78 Å². The summed E-state index contributed by atoms with van der Waals surface area (Å²) < 4.78 is 29.5. The molecule has 3 nitrogen and oxygen atoms in total. The SMILES string of the molecule is CCCc1cnn(C)c1OC(F)F. The normalized spacial score (nSPS) is 10.8. The quantitative estimate of drug-likeness (QED) is 0.725. The molecule has 0 fully saturated rings. The Kier molecular flexibility index (Phi) is 3.22. The van der Waals surface area contributed by atoms with Gasteiger partial charge in [0, 0.05) is 12.6 Å². The van der Waals surface area contributed by atoms with Gasteiger partial charge in [-0.3, -0.25) is 0 Å². The molecular formula is C8H12F2N2O. The summed E-state index contributed by atoms with van der Waals surface area (Å²) in [6, 6.07) is 0. The summed E-state index contributed by atoms with van der Waals surface area (Å²) in [5.41, 5.74) is 0.727. The van der Waals surface area contributed by atoms with Crippen LogP contribution in [0.2, 0.25) is 0 Å². The van der Waals surface area contributed by atoms with Crippen LogP contribution in [0, 0.1) is 0 Å². The van der Waals surface area contributed by atoms with Crippen LogP contribution in [0.3, 0.4) is 0 Å². The van der Waals surface area contributed by atoms with Crippen LogP contribution in [0.1, 0.15) is 18.9 Å². The molecule has 5 heteroatoms. The molecule has 0 aliphatic rings. The van der Waals surface area contributed by atoms with Crippen LogP contribution in [0.15, 0.2) is 6.20 Å². The Balaban J connectivity index is 2.81. The van der Waals surface area contributed by atoms with Gasteiger partial charge in [-0.25, -0.2) is 4.68 Å². The van der Waals surface area contributed by atoms with Crippen LogP contribution in [0.5, 0.6) is 5.88 Å². The van der Waals surface area contributed by atoms with Crippen LogP contribution >= 0.6 is 0 Å². The average molecular weight is 190 g/mol. The van der Waals surface area contributed by atoms with Gasteiger partial charge in [0.2, 0.25) is 5.88 Å². The fourth-order valence-corrected chi connectivity index (χ4v) is 1.15. The Morgan fingerprint density at radius 1 is 1.62 bits per heavy atom. The van der Waals surface area contributed by atoms with E-state index in [9.17, 15) is 8.78 Å². The maximum atomic E-state index is 11.9. The van der Waals surface area contributed by atoms with Crippen molar-refractivity contribution in [2.24, 2.45) is 7.05 Å². The first-order chi connectivity index (χ1) is 6.15. The molecule has 0 aliphatic carbocycles. The zero-order valence-electron chi connectivity index (χ0n) is 7.63. The molecule has 1 aromatic heterocycles. The highest BCUT2D eigenvalue weighted by atomic mass is 19.3. The van der Waals surface area contributed by atoms with Crippen molar-refractivity contribution in [3.63, 3.8) is 0 Å². The second kappa shape index (κ2) is 4.20. The van der Waals surface area contributed by atoms with Gasteiger partial charge in [-0.2, -0.15) is 13.9 Å². The summed E-state index contributed by atoms with van der Waals surface area (Å²) in [5, 5.41) is 3.85. The second-order valence-corrected chi connectivity index (χ2v) is 2.73. The molecule has 0 saturated carbocycles. The number of nitrogens with zero attached hydrogens (tertiary/aromatic N) is 2. The van der Waals surface area contributed by atoms with Gasteiger partial charge in [0.05, 0.1) is 6.20 Å². The molecule has 0 N–H and O–H groups in total. The smallest absolute Gasteiger partial charge is 0.388 e. The largest absolute Gasteiger partial charge is 0.417 e. The first kappa shape index (κ1) is 9.95. The minimum Gasteiger partial charge on any atom is -0.417 e. The number of rotatable bonds is 4. The highest BCUT2D eigenvalue weighted by molar-refractivity contribution is 5.24. The molecule has 0 atom stereocenters. The molecule has 0 saturated heterocycles. The Morgan fingerprint density at radius 2 is 2.31 bits per heavy atom. The van der Waals surface area contributed by atoms with Crippen molar-refractivity contribution in [1.82, 2.24) is 9.78 Å². The maximum absolute atomic E-state index is 11.9. The van der Waals surface area contributed by atoms with Gasteiger partial charge in [0.1, 0.15) is 0 Å². The van der Waals surface area contributed by atoms with E-state index in [-0.39, 0.29) is 5.88 Å². The van der Waals surface area contributed by atoms with E-state index >= 15 is 0 Å². The first-order valence-corrected chi connectivity index (χ1v) is 4.10. The highest BCUT2D eigenvalue weighted by Crippen LogP contribution is 2.20. The molecule has 0 unspecified atom stereocenters. The topological polar surface area (TPSA) is 27.1 Å². The molecule has 0 aliphatic heterocycles. The molecule has 0 bridgehead atoms. The molecule has 0 spiro atoms. The predicted octanol–water partition coefficient (Wildman–Crippen LogP) is 1.97. The summed E-state index contributed by atoms with van der Waals surface area (Å²) in [5.74, 6) is 0.164. The Morgan fingerprint density at radius 3 is 2.85 bits per heavy atom. The molecule has 74 valence electrons. The third-order valence-corrected chi connectivity index (χ3v) is 1.68. The Labute approximate surface area is 75.3 Å². The summed E-state index contributed by atoms with van der Waals surface area (Å²) >= 11 is 0. The lowest BCUT2D eigenvalue weighted by atomic mass is 10.2. The van der Waals surface area contributed by atoms with E-state index in [1.807, 2.05) is 6.92 Å². The summed E-state index contributed by atoms with van der Waals surface area (Å²) in [6.45, 7) is -0.815. The third-order valence-electron chi connectivity index (χ3n) is 1.68. The molecule has 13 heavy (non-hydrogen) atoms. The van der Waals surface area contributed by atoms with Gasteiger partial charge in [0.15, 0.2) is 0 Å². The summed E-state index contributed by atoms with van der Waals surface area (Å²) in [4.78, 5) is 0. The van der Waals surface area contributed by atoms with Crippen molar-refractivity contribution in [3.05, 3.63) is 11.8 Å². The summed E-state index contributed by atoms with van der Waals surface area (Å²) in [6.07, 6.45) is 3.14. The van der Waals surface area contributed by atoms with Gasteiger partial charge in [0.25, 0.3) is 0 Å². The van der Waals surface area contributed by atoms with Crippen molar-refractivity contribution in [1.29, 1.82) is 0 Å². The lowest BCUT2D eigenvalue weighted by Crippen LogP contribution is -2.07. The highest BCUT2D eigenvalue weighted by Gasteiger charge is 2.13. The monoisotopic (exact) mass is 190 g/mol. The van der Waals surface area contributed by atoms with Crippen LogP contribution < -0.4 is 4.74 Å². The van der Waals surface area contributed by atoms with Gasteiger partial charge in [-0.05, 0) is 6.42 Å². The molecule has 1 rings (SSSR count). The number of aryl methyl sites for hydroxylation is 2. The Bertz CT molecular complexity index is 273. The van der Waals surface area contributed by atoms with Crippen LogP contribution in [0.25, 0.3) is 0 Å². The molecule has 0 amide bonds. The molecular weight excluding hydrogens is 178 g/mol. The minimum atomic E-state index is -2.79. The second-order valence-electron chi connectivity index (χ2n) is 2.73. The number of ether oxygens (including phenoxy) is 1. The molecule has 0 radical (unpaired) electrons. The van der Waals surface area contributed by atoms with E-state index in [4.69, 9.17) is 0 Å². The molecule has 0 aromatic carbocycles. The third kappa shape index (κ3) is 2.40. The van der Waals surface area contributed by atoms with Crippen molar-refractivity contribution < 1.29 is 13.5 Å². The molecule has 1 heterocycles. The van der Waals surface area contributed by atoms with Gasteiger partial charge in [-0.15, -0.1) is 0 Å². The first-order valence-electron chi connectivity index (χ1n) is 4.10. The lowest BCUT2D eigenvalue weighted by molar-refractivity contribution is -0.0559. The van der Waals surface area contributed by atoms with E-state index in [0.29, 0.717) is 6.42 Å². The van der Waals surface area contributed by atoms with Gasteiger partial charge in [-0.1, -0.05) is 13.3 Å². The van der Waals surface area contributed by atoms with Crippen molar-refractivity contribution in [2.45, 2.75) is 26.4 Å². The fraction of sp³-hybridized carbons (Fsp3) is 0.625. The van der Waals surface area contributed by atoms with Crippen molar-refractivity contribution >= 4 is 0 Å². The van der Waals surface area contributed by atoms with Gasteiger partial charge < -0.3 is 4.74 Å². The van der Waals surface area contributed by atoms with Gasteiger partial charge >= 0.3 is 6.61 Å². The van der Waals surface area contributed by atoms with Crippen LogP contribution in [-0.2, 0) is 13.5 Å². The standard InChI is InChI=1S/C8H12F2N2O/c1-3-4-6-5-11-12(2)7(6)13-8(9)10/h5,8H,3-4H2,1-2H3. The predicted molar refractivity (Wildman–Crippen MR) is 43.8 cm³/mol. The minimum absolute atomic E-state index is 0.164. The summed E-state index contributed by atoms with van der Waals surface area (Å²) in [7, 11) is 1.58.